The van der Waals surface area contributed by atoms with Crippen LogP contribution in [0.2, 0.25) is 0 Å². The smallest absolute Gasteiger partial charge is 0.271 e. The number of benzene rings is 1. The van der Waals surface area contributed by atoms with E-state index in [2.05, 4.69) is 10.4 Å². The van der Waals surface area contributed by atoms with E-state index in [-0.39, 0.29) is 11.9 Å². The monoisotopic (exact) mass is 243 g/mol. The van der Waals surface area contributed by atoms with E-state index in [0.717, 1.165) is 11.4 Å². The van der Waals surface area contributed by atoms with Crippen LogP contribution in [0.1, 0.15) is 30.0 Å². The quantitative estimate of drug-likeness (QED) is 0.899. The molecule has 94 valence electrons. The summed E-state index contributed by atoms with van der Waals surface area (Å²) >= 11 is 0. The fourth-order valence-corrected chi connectivity index (χ4v) is 1.75. The van der Waals surface area contributed by atoms with Gasteiger partial charge in [-0.2, -0.15) is 5.10 Å². The van der Waals surface area contributed by atoms with E-state index in [1.54, 1.807) is 10.7 Å². The Morgan fingerprint density at radius 2 is 1.94 bits per heavy atom. The Hall–Kier alpha value is -2.10. The first-order valence-corrected chi connectivity index (χ1v) is 6.01. The standard InChI is InChI=1S/C14H17N3O/c1-10(2)15-14(18)13-9-11(3)17(16-13)12-7-5-4-6-8-12/h4-10H,1-3H3,(H,15,18). The number of nitrogens with one attached hydrogen (secondary N) is 1. The lowest BCUT2D eigenvalue weighted by Gasteiger charge is -2.05. The van der Waals surface area contributed by atoms with E-state index >= 15 is 0 Å². The van der Waals surface area contributed by atoms with E-state index in [1.165, 1.54) is 0 Å². The van der Waals surface area contributed by atoms with Crippen LogP contribution >= 0.6 is 0 Å². The average molecular weight is 243 g/mol. The molecule has 0 saturated carbocycles. The van der Waals surface area contributed by atoms with Gasteiger partial charge in [-0.3, -0.25) is 4.79 Å². The van der Waals surface area contributed by atoms with Gasteiger partial charge in [-0.15, -0.1) is 0 Å². The second-order valence-electron chi connectivity index (χ2n) is 4.55. The normalized spacial score (nSPS) is 10.7. The molecule has 2 aromatic rings. The molecule has 1 N–H and O–H groups in total. The predicted octanol–water partition coefficient (Wildman–Crippen LogP) is 2.32. The predicted molar refractivity (Wildman–Crippen MR) is 70.9 cm³/mol. The van der Waals surface area contributed by atoms with Crippen molar-refractivity contribution in [3.8, 4) is 5.69 Å². The third kappa shape index (κ3) is 2.59. The summed E-state index contributed by atoms with van der Waals surface area (Å²) in [4.78, 5) is 11.9. The summed E-state index contributed by atoms with van der Waals surface area (Å²) in [5.41, 5.74) is 2.35. The van der Waals surface area contributed by atoms with Crippen molar-refractivity contribution in [3.63, 3.8) is 0 Å². The number of carbonyl (C=O) groups is 1. The van der Waals surface area contributed by atoms with Crippen molar-refractivity contribution in [2.45, 2.75) is 26.8 Å². The zero-order valence-electron chi connectivity index (χ0n) is 10.8. The molecule has 0 radical (unpaired) electrons. The fraction of sp³-hybridized carbons (Fsp3) is 0.286. The maximum atomic E-state index is 11.9. The van der Waals surface area contributed by atoms with Crippen molar-refractivity contribution < 1.29 is 4.79 Å². The molecule has 0 aliphatic carbocycles. The van der Waals surface area contributed by atoms with Gasteiger partial charge in [-0.1, -0.05) is 18.2 Å². The molecule has 1 amide bonds. The first kappa shape index (κ1) is 12.4. The largest absolute Gasteiger partial charge is 0.348 e. The SMILES string of the molecule is Cc1cc(C(=O)NC(C)C)nn1-c1ccccc1. The minimum Gasteiger partial charge on any atom is -0.348 e. The number of aromatic nitrogens is 2. The first-order chi connectivity index (χ1) is 8.58. The summed E-state index contributed by atoms with van der Waals surface area (Å²) in [5.74, 6) is -0.136. The summed E-state index contributed by atoms with van der Waals surface area (Å²) in [6.07, 6.45) is 0. The molecule has 0 unspecified atom stereocenters. The van der Waals surface area contributed by atoms with Crippen LogP contribution in [0.4, 0.5) is 0 Å². The highest BCUT2D eigenvalue weighted by Crippen LogP contribution is 2.11. The molecule has 2 rings (SSSR count). The molecule has 0 bridgehead atoms. The molecule has 18 heavy (non-hydrogen) atoms. The van der Waals surface area contributed by atoms with Crippen LogP contribution in [-0.2, 0) is 0 Å². The van der Waals surface area contributed by atoms with Gasteiger partial charge in [-0.25, -0.2) is 4.68 Å². The molecule has 0 spiro atoms. The lowest BCUT2D eigenvalue weighted by Crippen LogP contribution is -2.30. The summed E-state index contributed by atoms with van der Waals surface area (Å²) in [5, 5.41) is 7.17. The van der Waals surface area contributed by atoms with E-state index < -0.39 is 0 Å². The molecule has 0 saturated heterocycles. The Balaban J connectivity index is 2.30. The highest BCUT2D eigenvalue weighted by Gasteiger charge is 2.13. The van der Waals surface area contributed by atoms with Crippen molar-refractivity contribution in [1.82, 2.24) is 15.1 Å². The van der Waals surface area contributed by atoms with Crippen molar-refractivity contribution in [3.05, 3.63) is 47.8 Å². The molecule has 1 heterocycles. The van der Waals surface area contributed by atoms with Crippen LogP contribution in [0.25, 0.3) is 5.69 Å². The number of carbonyl (C=O) groups excluding carboxylic acids is 1. The van der Waals surface area contributed by atoms with E-state index in [9.17, 15) is 4.79 Å². The van der Waals surface area contributed by atoms with Crippen LogP contribution in [0, 0.1) is 6.92 Å². The van der Waals surface area contributed by atoms with E-state index in [4.69, 9.17) is 0 Å². The van der Waals surface area contributed by atoms with Gasteiger partial charge in [-0.05, 0) is 39.0 Å². The molecule has 4 nitrogen and oxygen atoms in total. The second-order valence-corrected chi connectivity index (χ2v) is 4.55. The van der Waals surface area contributed by atoms with Crippen LogP contribution in [0.15, 0.2) is 36.4 Å². The van der Waals surface area contributed by atoms with Gasteiger partial charge in [0.05, 0.1) is 5.69 Å². The van der Waals surface area contributed by atoms with Crippen LogP contribution < -0.4 is 5.32 Å². The first-order valence-electron chi connectivity index (χ1n) is 6.01. The molecule has 0 aliphatic rings. The van der Waals surface area contributed by atoms with Crippen molar-refractivity contribution in [2.75, 3.05) is 0 Å². The van der Waals surface area contributed by atoms with E-state index in [1.807, 2.05) is 51.1 Å². The molecule has 0 atom stereocenters. The summed E-state index contributed by atoms with van der Waals surface area (Å²) in [7, 11) is 0. The Kier molecular flexibility index (Phi) is 3.46. The number of rotatable bonds is 3. The maximum absolute atomic E-state index is 11.9. The van der Waals surface area contributed by atoms with Crippen LogP contribution in [0.5, 0.6) is 0 Å². The lowest BCUT2D eigenvalue weighted by molar-refractivity contribution is 0.0937. The Morgan fingerprint density at radius 3 is 2.56 bits per heavy atom. The molecule has 4 heteroatoms. The minimum atomic E-state index is -0.136. The third-order valence-electron chi connectivity index (χ3n) is 2.54. The maximum Gasteiger partial charge on any atom is 0.271 e. The molecule has 1 aromatic heterocycles. The molecule has 0 fully saturated rings. The van der Waals surface area contributed by atoms with Crippen molar-refractivity contribution in [1.29, 1.82) is 0 Å². The number of hydrogen-bond donors (Lipinski definition) is 1. The number of hydrogen-bond acceptors (Lipinski definition) is 2. The molecular formula is C14H17N3O. The second kappa shape index (κ2) is 5.04. The van der Waals surface area contributed by atoms with Gasteiger partial charge >= 0.3 is 0 Å². The highest BCUT2D eigenvalue weighted by atomic mass is 16.2. The topological polar surface area (TPSA) is 46.9 Å². The molecule has 0 aliphatic heterocycles. The number of amides is 1. The van der Waals surface area contributed by atoms with Gasteiger partial charge in [0.2, 0.25) is 0 Å². The third-order valence-corrected chi connectivity index (χ3v) is 2.54. The molecule has 1 aromatic carbocycles. The zero-order valence-corrected chi connectivity index (χ0v) is 10.8. The van der Waals surface area contributed by atoms with Gasteiger partial charge in [0.15, 0.2) is 5.69 Å². The van der Waals surface area contributed by atoms with Gasteiger partial charge < -0.3 is 5.32 Å². The highest BCUT2D eigenvalue weighted by molar-refractivity contribution is 5.92. The average Bonchev–Trinajstić information content (AvgIpc) is 2.72. The Bertz CT molecular complexity index is 543. The zero-order chi connectivity index (χ0) is 13.1. The summed E-state index contributed by atoms with van der Waals surface area (Å²) in [6.45, 7) is 5.80. The number of nitrogens with zero attached hydrogens (tertiary/aromatic N) is 2. The van der Waals surface area contributed by atoms with Crippen LogP contribution in [0.3, 0.4) is 0 Å². The van der Waals surface area contributed by atoms with Gasteiger partial charge in [0.25, 0.3) is 5.91 Å². The van der Waals surface area contributed by atoms with Crippen molar-refractivity contribution in [2.24, 2.45) is 0 Å². The molecular weight excluding hydrogens is 226 g/mol. The van der Waals surface area contributed by atoms with Gasteiger partial charge in [0.1, 0.15) is 0 Å². The summed E-state index contributed by atoms with van der Waals surface area (Å²) < 4.78 is 1.77. The number of para-hydroxylation sites is 1. The fourth-order valence-electron chi connectivity index (χ4n) is 1.75. The van der Waals surface area contributed by atoms with E-state index in [0.29, 0.717) is 5.69 Å². The minimum absolute atomic E-state index is 0.111. The van der Waals surface area contributed by atoms with Gasteiger partial charge in [0, 0.05) is 11.7 Å². The Morgan fingerprint density at radius 1 is 1.28 bits per heavy atom. The lowest BCUT2D eigenvalue weighted by atomic mass is 10.3. The summed E-state index contributed by atoms with van der Waals surface area (Å²) in [6, 6.07) is 11.7. The number of aryl methyl sites for hydroxylation is 1. The Labute approximate surface area is 107 Å². The van der Waals surface area contributed by atoms with Crippen molar-refractivity contribution >= 4 is 5.91 Å². The van der Waals surface area contributed by atoms with Crippen LogP contribution in [-0.4, -0.2) is 21.7 Å².